The summed E-state index contributed by atoms with van der Waals surface area (Å²) in [6, 6.07) is 9.05. The molecule has 1 aromatic carbocycles. The highest BCUT2D eigenvalue weighted by atomic mass is 16.3. The van der Waals surface area contributed by atoms with Crippen molar-refractivity contribution in [2.24, 2.45) is 5.41 Å². The number of nitrogens with one attached hydrogen (secondary N) is 2. The SMILES string of the molecule is Nc1nc(N2CC[C@H](O)[C@@]3(CCCN(C(=O)c4ccc5[nH]ccc5c4)C3)C2)cc(=O)[nH]1.O=CO. The van der Waals surface area contributed by atoms with Crippen LogP contribution in [0.3, 0.4) is 0 Å². The molecule has 11 nitrogen and oxygen atoms in total. The highest BCUT2D eigenvalue weighted by Gasteiger charge is 2.46. The molecule has 2 saturated heterocycles. The zero-order valence-electron chi connectivity index (χ0n) is 18.6. The summed E-state index contributed by atoms with van der Waals surface area (Å²) in [5.74, 6) is 0.558. The molecule has 34 heavy (non-hydrogen) atoms. The molecule has 2 atom stereocenters. The fourth-order valence-corrected chi connectivity index (χ4v) is 5.07. The van der Waals surface area contributed by atoms with Crippen LogP contribution in [0.4, 0.5) is 11.8 Å². The van der Waals surface area contributed by atoms with Crippen LogP contribution < -0.4 is 16.2 Å². The molecular formula is C23H28N6O5. The van der Waals surface area contributed by atoms with Crippen LogP contribution in [0.5, 0.6) is 0 Å². The molecule has 6 N–H and O–H groups in total. The fraction of sp³-hybridized carbons (Fsp3) is 0.391. The highest BCUT2D eigenvalue weighted by molar-refractivity contribution is 5.98. The first kappa shape index (κ1) is 23.3. The number of rotatable bonds is 2. The molecule has 11 heteroatoms. The van der Waals surface area contributed by atoms with Gasteiger partial charge in [0.2, 0.25) is 5.95 Å². The Bertz CT molecular complexity index is 1240. The largest absolute Gasteiger partial charge is 0.483 e. The van der Waals surface area contributed by atoms with Gasteiger partial charge in [0.15, 0.2) is 0 Å². The number of carbonyl (C=O) groups is 2. The molecule has 3 aromatic rings. The highest BCUT2D eigenvalue weighted by Crippen LogP contribution is 2.40. The predicted octanol–water partition coefficient (Wildman–Crippen LogP) is 1.03. The topological polar surface area (TPSA) is 169 Å². The number of piperidine rings is 2. The molecule has 5 rings (SSSR count). The number of fused-ring (bicyclic) bond motifs is 1. The van der Waals surface area contributed by atoms with E-state index in [-0.39, 0.29) is 23.9 Å². The first-order valence-electron chi connectivity index (χ1n) is 11.1. The van der Waals surface area contributed by atoms with Crippen LogP contribution in [0.25, 0.3) is 10.9 Å². The molecule has 2 aliphatic rings. The first-order valence-corrected chi connectivity index (χ1v) is 11.1. The summed E-state index contributed by atoms with van der Waals surface area (Å²) in [4.78, 5) is 47.2. The second kappa shape index (κ2) is 9.56. The van der Waals surface area contributed by atoms with Gasteiger partial charge in [-0.1, -0.05) is 0 Å². The molecule has 0 bridgehead atoms. The van der Waals surface area contributed by atoms with Crippen LogP contribution >= 0.6 is 0 Å². The molecule has 1 spiro atoms. The zero-order chi connectivity index (χ0) is 24.3. The minimum atomic E-state index is -0.522. The van der Waals surface area contributed by atoms with Crippen molar-refractivity contribution in [3.63, 3.8) is 0 Å². The van der Waals surface area contributed by atoms with Crippen molar-refractivity contribution in [1.82, 2.24) is 19.9 Å². The Morgan fingerprint density at radius 3 is 2.79 bits per heavy atom. The van der Waals surface area contributed by atoms with Crippen LogP contribution in [-0.2, 0) is 4.79 Å². The van der Waals surface area contributed by atoms with Gasteiger partial charge in [-0.3, -0.25) is 19.4 Å². The summed E-state index contributed by atoms with van der Waals surface area (Å²) in [5.41, 5.74) is 6.60. The summed E-state index contributed by atoms with van der Waals surface area (Å²) in [6.45, 7) is 1.98. The Labute approximate surface area is 195 Å². The number of carbonyl (C=O) groups excluding carboxylic acids is 1. The molecule has 2 fully saturated rings. The van der Waals surface area contributed by atoms with E-state index in [1.54, 1.807) is 0 Å². The van der Waals surface area contributed by atoms with E-state index < -0.39 is 11.5 Å². The van der Waals surface area contributed by atoms with E-state index in [0.29, 0.717) is 44.0 Å². The Balaban J connectivity index is 0.000000868. The van der Waals surface area contributed by atoms with Crippen molar-refractivity contribution >= 4 is 35.0 Å². The maximum Gasteiger partial charge on any atom is 0.290 e. The number of H-pyrrole nitrogens is 2. The average Bonchev–Trinajstić information content (AvgIpc) is 3.28. The van der Waals surface area contributed by atoms with Gasteiger partial charge in [-0.05, 0) is 43.5 Å². The average molecular weight is 469 g/mol. The Morgan fingerprint density at radius 2 is 2.03 bits per heavy atom. The zero-order valence-corrected chi connectivity index (χ0v) is 18.6. The van der Waals surface area contributed by atoms with Gasteiger partial charge in [-0.25, -0.2) is 0 Å². The number of aliphatic hydroxyl groups excluding tert-OH is 1. The number of nitrogen functional groups attached to an aromatic ring is 1. The van der Waals surface area contributed by atoms with Gasteiger partial charge in [-0.15, -0.1) is 0 Å². The van der Waals surface area contributed by atoms with Crippen molar-refractivity contribution in [1.29, 1.82) is 0 Å². The van der Waals surface area contributed by atoms with Crippen molar-refractivity contribution in [3.8, 4) is 0 Å². The molecule has 2 aliphatic heterocycles. The number of likely N-dealkylation sites (tertiary alicyclic amines) is 1. The molecular weight excluding hydrogens is 440 g/mol. The second-order valence-electron chi connectivity index (χ2n) is 8.79. The number of aromatic amines is 2. The number of nitrogens with zero attached hydrogens (tertiary/aromatic N) is 3. The summed E-state index contributed by atoms with van der Waals surface area (Å²) in [7, 11) is 0. The molecule has 1 amide bonds. The fourth-order valence-electron chi connectivity index (χ4n) is 5.07. The lowest BCUT2D eigenvalue weighted by Gasteiger charge is -2.51. The van der Waals surface area contributed by atoms with Crippen LogP contribution in [0.2, 0.25) is 0 Å². The van der Waals surface area contributed by atoms with Crippen LogP contribution in [0, 0.1) is 5.41 Å². The normalized spacial score (nSPS) is 22.3. The third-order valence-corrected chi connectivity index (χ3v) is 6.65. The lowest BCUT2D eigenvalue weighted by atomic mass is 9.71. The quantitative estimate of drug-likeness (QED) is 0.347. The Morgan fingerprint density at radius 1 is 1.24 bits per heavy atom. The molecule has 180 valence electrons. The second-order valence-corrected chi connectivity index (χ2v) is 8.79. The minimum Gasteiger partial charge on any atom is -0.483 e. The maximum atomic E-state index is 13.3. The Kier molecular flexibility index (Phi) is 6.55. The van der Waals surface area contributed by atoms with E-state index in [0.717, 1.165) is 23.7 Å². The molecule has 0 aliphatic carbocycles. The third-order valence-electron chi connectivity index (χ3n) is 6.65. The number of carboxylic acid groups (broad SMARTS) is 1. The van der Waals surface area contributed by atoms with Gasteiger partial charge in [0.05, 0.1) is 6.10 Å². The lowest BCUT2D eigenvalue weighted by molar-refractivity contribution is -0.122. The summed E-state index contributed by atoms with van der Waals surface area (Å²) in [5, 5.41) is 18.8. The Hall–Kier alpha value is -3.86. The standard InChI is InChI=1S/C22H26N6O3.CH2O2/c23-21-25-18(11-19(30)26-21)27-9-5-17(29)22(12-27)6-1-8-28(13-22)20(31)15-2-3-16-14(10-15)4-7-24-16;2-1-3/h2-4,7,10-11,17,24,29H,1,5-6,8-9,12-13H2,(H3,23,25,26,30);1H,(H,2,3)/t17-,22-;/m0./s1. The van der Waals surface area contributed by atoms with Crippen molar-refractivity contribution in [2.75, 3.05) is 36.8 Å². The number of benzene rings is 1. The third kappa shape index (κ3) is 4.60. The molecule has 4 heterocycles. The van der Waals surface area contributed by atoms with Crippen LogP contribution in [0.15, 0.2) is 41.3 Å². The van der Waals surface area contributed by atoms with E-state index in [2.05, 4.69) is 15.0 Å². The van der Waals surface area contributed by atoms with E-state index in [1.165, 1.54) is 6.07 Å². The van der Waals surface area contributed by atoms with Gasteiger partial charge in [0.25, 0.3) is 17.9 Å². The summed E-state index contributed by atoms with van der Waals surface area (Å²) in [6.07, 6.45) is 3.51. The smallest absolute Gasteiger partial charge is 0.290 e. The van der Waals surface area contributed by atoms with Crippen molar-refractivity contribution in [2.45, 2.75) is 25.4 Å². The van der Waals surface area contributed by atoms with E-state index in [9.17, 15) is 14.7 Å². The number of hydrogen-bond donors (Lipinski definition) is 5. The van der Waals surface area contributed by atoms with Crippen LogP contribution in [0.1, 0.15) is 29.6 Å². The number of aromatic nitrogens is 3. The van der Waals surface area contributed by atoms with Gasteiger partial charge in [-0.2, -0.15) is 4.98 Å². The molecule has 0 radical (unpaired) electrons. The molecule has 0 unspecified atom stereocenters. The number of aliphatic hydroxyl groups is 1. The number of hydrogen-bond acceptors (Lipinski definition) is 7. The molecule has 2 aromatic heterocycles. The summed E-state index contributed by atoms with van der Waals surface area (Å²) >= 11 is 0. The van der Waals surface area contributed by atoms with Gasteiger partial charge < -0.3 is 30.7 Å². The van der Waals surface area contributed by atoms with Crippen molar-refractivity contribution in [3.05, 3.63) is 52.4 Å². The van der Waals surface area contributed by atoms with E-state index >= 15 is 0 Å². The van der Waals surface area contributed by atoms with Gasteiger partial charge in [0, 0.05) is 60.3 Å². The van der Waals surface area contributed by atoms with Crippen molar-refractivity contribution < 1.29 is 19.8 Å². The molecule has 0 saturated carbocycles. The van der Waals surface area contributed by atoms with E-state index in [1.807, 2.05) is 40.3 Å². The predicted molar refractivity (Wildman–Crippen MR) is 127 cm³/mol. The van der Waals surface area contributed by atoms with Gasteiger partial charge >= 0.3 is 0 Å². The number of amides is 1. The lowest BCUT2D eigenvalue weighted by Crippen LogP contribution is -2.60. The number of nitrogens with two attached hydrogens (primary N) is 1. The minimum absolute atomic E-state index is 0.0231. The monoisotopic (exact) mass is 468 g/mol. The summed E-state index contributed by atoms with van der Waals surface area (Å²) < 4.78 is 0. The number of anilines is 2. The van der Waals surface area contributed by atoms with E-state index in [4.69, 9.17) is 15.6 Å². The van der Waals surface area contributed by atoms with Gasteiger partial charge in [0.1, 0.15) is 5.82 Å². The first-order chi connectivity index (χ1) is 16.3. The maximum absolute atomic E-state index is 13.3. The van der Waals surface area contributed by atoms with Crippen LogP contribution in [-0.4, -0.2) is 74.7 Å².